The molecule has 1 unspecified atom stereocenters. The van der Waals surface area contributed by atoms with Gasteiger partial charge in [-0.1, -0.05) is 0 Å². The van der Waals surface area contributed by atoms with Gasteiger partial charge in [0.2, 0.25) is 0 Å². The van der Waals surface area contributed by atoms with Gasteiger partial charge in [-0.25, -0.2) is 0 Å². The Hall–Kier alpha value is -1.50. The summed E-state index contributed by atoms with van der Waals surface area (Å²) in [5.41, 5.74) is 1.55. The molecule has 0 radical (unpaired) electrons. The van der Waals surface area contributed by atoms with Crippen molar-refractivity contribution in [2.45, 2.75) is 19.4 Å². The number of likely N-dealkylation sites (tertiary alicyclic amines) is 1. The Balaban J connectivity index is 0.00000225. The minimum absolute atomic E-state index is 0. The van der Waals surface area contributed by atoms with Crippen molar-refractivity contribution in [2.75, 3.05) is 53.5 Å². The lowest BCUT2D eigenvalue weighted by Crippen LogP contribution is -2.49. The van der Waals surface area contributed by atoms with Crippen LogP contribution in [0.3, 0.4) is 0 Å². The first-order valence-corrected chi connectivity index (χ1v) is 8.60. The number of piperazine rings is 1. The molecule has 25 heavy (non-hydrogen) atoms. The summed E-state index contributed by atoms with van der Waals surface area (Å²) in [6, 6.07) is 4.11. The third kappa shape index (κ3) is 4.19. The molecule has 7 heteroatoms. The number of hydrogen-bond donors (Lipinski definition) is 1. The number of halogens is 1. The first kappa shape index (κ1) is 19.8. The van der Waals surface area contributed by atoms with Crippen molar-refractivity contribution in [1.29, 1.82) is 0 Å². The Labute approximate surface area is 155 Å². The fourth-order valence-electron chi connectivity index (χ4n) is 3.66. The molecular weight excluding hydrogens is 342 g/mol. The molecule has 0 saturated carbocycles. The molecule has 1 aromatic rings. The van der Waals surface area contributed by atoms with Gasteiger partial charge in [-0.2, -0.15) is 0 Å². The highest BCUT2D eigenvalue weighted by molar-refractivity contribution is 5.95. The summed E-state index contributed by atoms with van der Waals surface area (Å²) in [6.07, 6.45) is 1.05. The molecule has 1 amide bonds. The number of nitrogens with one attached hydrogen (secondary N) is 1. The van der Waals surface area contributed by atoms with E-state index in [1.54, 1.807) is 14.2 Å². The molecule has 6 nitrogen and oxygen atoms in total. The average molecular weight is 370 g/mol. The molecule has 0 aromatic heterocycles. The molecule has 1 N–H and O–H groups in total. The van der Waals surface area contributed by atoms with E-state index in [-0.39, 0.29) is 18.3 Å². The number of carbonyl (C=O) groups is 1. The Morgan fingerprint density at radius 1 is 1.12 bits per heavy atom. The summed E-state index contributed by atoms with van der Waals surface area (Å²) < 4.78 is 10.8. The lowest BCUT2D eigenvalue weighted by atomic mass is 10.1. The molecule has 2 aliphatic heterocycles. The largest absolute Gasteiger partial charge is 0.496 e. The summed E-state index contributed by atoms with van der Waals surface area (Å²) in [7, 11) is 3.23. The first-order chi connectivity index (χ1) is 11.6. The maximum Gasteiger partial charge on any atom is 0.254 e. The van der Waals surface area contributed by atoms with E-state index in [4.69, 9.17) is 9.47 Å². The number of carbonyl (C=O) groups excluding carboxylic acids is 1. The number of rotatable bonds is 4. The van der Waals surface area contributed by atoms with Gasteiger partial charge in [0.25, 0.3) is 5.91 Å². The van der Waals surface area contributed by atoms with Crippen molar-refractivity contribution >= 4 is 18.3 Å². The third-order valence-corrected chi connectivity index (χ3v) is 5.12. The zero-order chi connectivity index (χ0) is 17.1. The molecule has 3 rings (SSSR count). The van der Waals surface area contributed by atoms with Crippen LogP contribution in [0.2, 0.25) is 0 Å². The highest BCUT2D eigenvalue weighted by atomic mass is 35.5. The molecule has 2 heterocycles. The number of nitrogens with zero attached hydrogens (tertiary/aromatic N) is 2. The molecule has 2 saturated heterocycles. The van der Waals surface area contributed by atoms with Crippen molar-refractivity contribution in [3.8, 4) is 11.5 Å². The summed E-state index contributed by atoms with van der Waals surface area (Å²) in [6.45, 7) is 7.76. The smallest absolute Gasteiger partial charge is 0.254 e. The van der Waals surface area contributed by atoms with Gasteiger partial charge < -0.3 is 19.7 Å². The van der Waals surface area contributed by atoms with Crippen LogP contribution in [-0.2, 0) is 0 Å². The second-order valence-corrected chi connectivity index (χ2v) is 6.49. The summed E-state index contributed by atoms with van der Waals surface area (Å²) in [4.78, 5) is 17.4. The van der Waals surface area contributed by atoms with Crippen LogP contribution in [0.5, 0.6) is 11.5 Å². The lowest BCUT2D eigenvalue weighted by molar-refractivity contribution is 0.0772. The summed E-state index contributed by atoms with van der Waals surface area (Å²) in [5.74, 6) is 1.44. The van der Waals surface area contributed by atoms with E-state index in [9.17, 15) is 4.79 Å². The maximum atomic E-state index is 12.9. The van der Waals surface area contributed by atoms with Crippen LogP contribution in [0.4, 0.5) is 0 Å². The Bertz CT molecular complexity index is 580. The van der Waals surface area contributed by atoms with Crippen LogP contribution in [0.15, 0.2) is 12.1 Å². The zero-order valence-corrected chi connectivity index (χ0v) is 16.0. The van der Waals surface area contributed by atoms with Crippen LogP contribution in [0.25, 0.3) is 0 Å². The summed E-state index contributed by atoms with van der Waals surface area (Å²) in [5, 5.41) is 3.38. The van der Waals surface area contributed by atoms with E-state index in [0.29, 0.717) is 23.1 Å². The van der Waals surface area contributed by atoms with Crippen LogP contribution >= 0.6 is 12.4 Å². The highest BCUT2D eigenvalue weighted by Gasteiger charge is 2.31. The van der Waals surface area contributed by atoms with Gasteiger partial charge in [-0.15, -0.1) is 12.4 Å². The number of benzene rings is 1. The standard InChI is InChI=1S/C18H27N3O3.ClH/c1-13-16(23-2)10-14(11-17(13)24-3)18(22)21-7-4-15(12-21)20-8-5-19-6-9-20;/h10-11,15,19H,4-9,12H2,1-3H3;1H. The number of ether oxygens (including phenoxy) is 2. The Morgan fingerprint density at radius 3 is 2.28 bits per heavy atom. The average Bonchev–Trinajstić information content (AvgIpc) is 3.12. The van der Waals surface area contributed by atoms with Gasteiger partial charge in [0.1, 0.15) is 11.5 Å². The minimum Gasteiger partial charge on any atom is -0.496 e. The Kier molecular flexibility index (Phi) is 6.93. The topological polar surface area (TPSA) is 54.0 Å². The Morgan fingerprint density at radius 2 is 1.72 bits per heavy atom. The van der Waals surface area contributed by atoms with E-state index in [0.717, 1.165) is 51.3 Å². The second kappa shape index (κ2) is 8.74. The van der Waals surface area contributed by atoms with E-state index >= 15 is 0 Å². The zero-order valence-electron chi connectivity index (χ0n) is 15.2. The predicted octanol–water partition coefficient (Wildman–Crippen LogP) is 1.55. The molecule has 140 valence electrons. The van der Waals surface area contributed by atoms with Crippen molar-refractivity contribution in [3.63, 3.8) is 0 Å². The molecular formula is C18H28ClN3O3. The van der Waals surface area contributed by atoms with Crippen molar-refractivity contribution < 1.29 is 14.3 Å². The fraction of sp³-hybridized carbons (Fsp3) is 0.611. The highest BCUT2D eigenvalue weighted by Crippen LogP contribution is 2.30. The number of methoxy groups -OCH3 is 2. The van der Waals surface area contributed by atoms with Gasteiger partial charge in [0.15, 0.2) is 0 Å². The molecule has 0 spiro atoms. The molecule has 2 fully saturated rings. The van der Waals surface area contributed by atoms with Crippen LogP contribution in [-0.4, -0.2) is 75.2 Å². The van der Waals surface area contributed by atoms with E-state index in [2.05, 4.69) is 10.2 Å². The molecule has 0 bridgehead atoms. The second-order valence-electron chi connectivity index (χ2n) is 6.49. The van der Waals surface area contributed by atoms with Gasteiger partial charge in [0, 0.05) is 56.4 Å². The minimum atomic E-state index is 0. The quantitative estimate of drug-likeness (QED) is 0.872. The molecule has 1 aromatic carbocycles. The third-order valence-electron chi connectivity index (χ3n) is 5.12. The van der Waals surface area contributed by atoms with Crippen LogP contribution < -0.4 is 14.8 Å². The molecule has 1 atom stereocenters. The molecule has 0 aliphatic carbocycles. The lowest BCUT2D eigenvalue weighted by Gasteiger charge is -2.32. The van der Waals surface area contributed by atoms with Crippen molar-refractivity contribution in [1.82, 2.24) is 15.1 Å². The SMILES string of the molecule is COc1cc(C(=O)N2CCC(N3CCNCC3)C2)cc(OC)c1C.Cl. The monoisotopic (exact) mass is 369 g/mol. The number of hydrogen-bond acceptors (Lipinski definition) is 5. The van der Waals surface area contributed by atoms with Crippen molar-refractivity contribution in [3.05, 3.63) is 23.3 Å². The van der Waals surface area contributed by atoms with E-state index in [1.807, 2.05) is 24.0 Å². The summed E-state index contributed by atoms with van der Waals surface area (Å²) >= 11 is 0. The number of amides is 1. The van der Waals surface area contributed by atoms with Crippen LogP contribution in [0, 0.1) is 6.92 Å². The van der Waals surface area contributed by atoms with Gasteiger partial charge >= 0.3 is 0 Å². The van der Waals surface area contributed by atoms with Gasteiger partial charge in [0.05, 0.1) is 14.2 Å². The van der Waals surface area contributed by atoms with E-state index in [1.165, 1.54) is 0 Å². The van der Waals surface area contributed by atoms with Gasteiger partial charge in [-0.05, 0) is 25.5 Å². The van der Waals surface area contributed by atoms with Crippen molar-refractivity contribution in [2.24, 2.45) is 0 Å². The molecule has 2 aliphatic rings. The van der Waals surface area contributed by atoms with Gasteiger partial charge in [-0.3, -0.25) is 9.69 Å². The fourth-order valence-corrected chi connectivity index (χ4v) is 3.66. The first-order valence-electron chi connectivity index (χ1n) is 8.60. The maximum absolute atomic E-state index is 12.9. The van der Waals surface area contributed by atoms with Crippen LogP contribution in [0.1, 0.15) is 22.3 Å². The predicted molar refractivity (Wildman–Crippen MR) is 100 cm³/mol. The normalized spacial score (nSPS) is 20.9. The van der Waals surface area contributed by atoms with E-state index < -0.39 is 0 Å².